The molecule has 0 heterocycles. The first-order chi connectivity index (χ1) is 10.1. The maximum absolute atomic E-state index is 11.9. The van der Waals surface area contributed by atoms with Gasteiger partial charge in [-0.2, -0.15) is 0 Å². The number of carbonyl (C=O) groups excluding carboxylic acids is 1. The number of fused-ring (bicyclic) bond motifs is 1. The van der Waals surface area contributed by atoms with Gasteiger partial charge in [-0.1, -0.05) is 49.0 Å². The minimum atomic E-state index is -2.11. The molecule has 2 N–H and O–H groups in total. The van der Waals surface area contributed by atoms with E-state index in [0.29, 0.717) is 0 Å². The number of rotatable bonds is 6. The lowest BCUT2D eigenvalue weighted by Gasteiger charge is -2.09. The fourth-order valence-corrected chi connectivity index (χ4v) is 2.22. The van der Waals surface area contributed by atoms with E-state index in [0.717, 1.165) is 16.3 Å². The van der Waals surface area contributed by atoms with Crippen molar-refractivity contribution in [1.82, 2.24) is 4.72 Å². The predicted octanol–water partition coefficient (Wildman–Crippen LogP) is 2.12. The minimum Gasteiger partial charge on any atom is -0.461 e. The molecule has 0 aliphatic carbocycles. The van der Waals surface area contributed by atoms with Crippen molar-refractivity contribution in [3.05, 3.63) is 54.6 Å². The van der Waals surface area contributed by atoms with Crippen LogP contribution in [0.3, 0.4) is 0 Å². The van der Waals surface area contributed by atoms with E-state index in [9.17, 15) is 9.00 Å². The molecule has 6 heteroatoms. The van der Waals surface area contributed by atoms with Crippen LogP contribution in [0.4, 0.5) is 0 Å². The average molecular weight is 305 g/mol. The summed E-state index contributed by atoms with van der Waals surface area (Å²) in [6.07, 6.45) is 0. The highest BCUT2D eigenvalue weighted by atomic mass is 32.2. The Hall–Kier alpha value is -2.02. The van der Waals surface area contributed by atoms with E-state index >= 15 is 0 Å². The third-order valence-electron chi connectivity index (χ3n) is 2.92. The molecule has 21 heavy (non-hydrogen) atoms. The molecule has 0 fully saturated rings. The Bertz CT molecular complexity index is 694. The minimum absolute atomic E-state index is 0.00504. The zero-order valence-corrected chi connectivity index (χ0v) is 12.1. The Balaban J connectivity index is 2.08. The summed E-state index contributed by atoms with van der Waals surface area (Å²) in [6.45, 7) is 3.87. The zero-order valence-electron chi connectivity index (χ0n) is 11.2. The second kappa shape index (κ2) is 7.12. The van der Waals surface area contributed by atoms with Crippen LogP contribution >= 0.6 is 0 Å². The van der Waals surface area contributed by atoms with Gasteiger partial charge in [0.05, 0.1) is 5.57 Å². The summed E-state index contributed by atoms with van der Waals surface area (Å²) in [5.74, 6) is -0.545. The number of hydrogen-bond donors (Lipinski definition) is 2. The third-order valence-corrected chi connectivity index (χ3v) is 3.37. The van der Waals surface area contributed by atoms with Crippen LogP contribution in [0.5, 0.6) is 0 Å². The molecule has 110 valence electrons. The molecule has 0 saturated carbocycles. The lowest BCUT2D eigenvalue weighted by Crippen LogP contribution is -2.23. The smallest absolute Gasteiger partial charge is 0.338 e. The number of hydrogen-bond acceptors (Lipinski definition) is 3. The van der Waals surface area contributed by atoms with Gasteiger partial charge in [0.15, 0.2) is 0 Å². The fourth-order valence-electron chi connectivity index (χ4n) is 1.96. The van der Waals surface area contributed by atoms with Crippen molar-refractivity contribution in [1.29, 1.82) is 0 Å². The molecule has 0 aromatic heterocycles. The fraction of sp³-hybridized carbons (Fsp3) is 0.133. The summed E-state index contributed by atoms with van der Waals surface area (Å²) in [7, 11) is 0. The van der Waals surface area contributed by atoms with Gasteiger partial charge in [0.25, 0.3) is 0 Å². The van der Waals surface area contributed by atoms with Crippen molar-refractivity contribution >= 4 is 33.6 Å². The number of benzene rings is 2. The van der Waals surface area contributed by atoms with E-state index in [1.165, 1.54) is 0 Å². The number of esters is 1. The molecular formula is C15H15NO4S. The van der Waals surface area contributed by atoms with Crippen LogP contribution in [0.15, 0.2) is 49.0 Å². The second-order valence-electron chi connectivity index (χ2n) is 4.28. The van der Waals surface area contributed by atoms with Crippen molar-refractivity contribution in [3.63, 3.8) is 0 Å². The standard InChI is InChI=1S/C15H15NO4S/c1-11(15(17)20-10-9-16-21(18)19)13-8-4-6-12-5-2-3-7-14(12)13/h2-8,16H,1,9-10H2,(H,18,19). The van der Waals surface area contributed by atoms with Crippen LogP contribution < -0.4 is 4.72 Å². The summed E-state index contributed by atoms with van der Waals surface area (Å²) >= 11 is -2.11. The van der Waals surface area contributed by atoms with Crippen molar-refractivity contribution in [2.24, 2.45) is 0 Å². The molecule has 1 unspecified atom stereocenters. The molecule has 1 atom stereocenters. The Morgan fingerprint density at radius 1 is 1.24 bits per heavy atom. The first kappa shape index (κ1) is 15.4. The van der Waals surface area contributed by atoms with Crippen LogP contribution in [-0.2, 0) is 20.8 Å². The van der Waals surface area contributed by atoms with E-state index in [-0.39, 0.29) is 18.7 Å². The topological polar surface area (TPSA) is 75.6 Å². The number of ether oxygens (including phenoxy) is 1. The summed E-state index contributed by atoms with van der Waals surface area (Å²) in [4.78, 5) is 11.9. The Morgan fingerprint density at radius 3 is 2.71 bits per heavy atom. The summed E-state index contributed by atoms with van der Waals surface area (Å²) in [5.41, 5.74) is 0.980. The average Bonchev–Trinajstić information content (AvgIpc) is 2.50. The largest absolute Gasteiger partial charge is 0.461 e. The first-order valence-corrected chi connectivity index (χ1v) is 7.39. The van der Waals surface area contributed by atoms with Gasteiger partial charge in [-0.15, -0.1) is 0 Å². The molecule has 0 aliphatic rings. The predicted molar refractivity (Wildman–Crippen MR) is 82.7 cm³/mol. The summed E-state index contributed by atoms with van der Waals surface area (Å²) in [6, 6.07) is 13.3. The van der Waals surface area contributed by atoms with Crippen LogP contribution in [0.2, 0.25) is 0 Å². The summed E-state index contributed by atoms with van der Waals surface area (Å²) < 4.78 is 26.2. The molecule has 2 rings (SSSR count). The molecule has 2 aromatic carbocycles. The van der Waals surface area contributed by atoms with Gasteiger partial charge in [-0.05, 0) is 16.3 Å². The third kappa shape index (κ3) is 3.98. The maximum atomic E-state index is 11.9. The Kier molecular flexibility index (Phi) is 5.21. The molecule has 5 nitrogen and oxygen atoms in total. The molecule has 0 aliphatic heterocycles. The van der Waals surface area contributed by atoms with Crippen molar-refractivity contribution in [2.75, 3.05) is 13.2 Å². The highest BCUT2D eigenvalue weighted by Crippen LogP contribution is 2.24. The van der Waals surface area contributed by atoms with Gasteiger partial charge in [-0.25, -0.2) is 13.7 Å². The number of carbonyl (C=O) groups is 1. The van der Waals surface area contributed by atoms with Gasteiger partial charge in [-0.3, -0.25) is 4.55 Å². The second-order valence-corrected chi connectivity index (χ2v) is 5.07. The highest BCUT2D eigenvalue weighted by Gasteiger charge is 2.13. The highest BCUT2D eigenvalue weighted by molar-refractivity contribution is 7.77. The maximum Gasteiger partial charge on any atom is 0.338 e. The van der Waals surface area contributed by atoms with Gasteiger partial charge in [0.1, 0.15) is 6.61 Å². The van der Waals surface area contributed by atoms with Crippen molar-refractivity contribution < 1.29 is 18.3 Å². The monoisotopic (exact) mass is 305 g/mol. The molecule has 2 aromatic rings. The number of nitrogens with one attached hydrogen (secondary N) is 1. The van der Waals surface area contributed by atoms with Gasteiger partial charge >= 0.3 is 5.97 Å². The zero-order chi connectivity index (χ0) is 15.2. The van der Waals surface area contributed by atoms with Crippen LogP contribution in [0.25, 0.3) is 16.3 Å². The molecule has 0 amide bonds. The van der Waals surface area contributed by atoms with Crippen molar-refractivity contribution in [3.8, 4) is 0 Å². The van der Waals surface area contributed by atoms with Gasteiger partial charge in [0, 0.05) is 6.54 Å². The Morgan fingerprint density at radius 2 is 1.95 bits per heavy atom. The van der Waals surface area contributed by atoms with Crippen molar-refractivity contribution in [2.45, 2.75) is 0 Å². The van der Waals surface area contributed by atoms with E-state index < -0.39 is 17.2 Å². The Labute approximate surface area is 125 Å². The van der Waals surface area contributed by atoms with Crippen LogP contribution in [0, 0.1) is 0 Å². The van der Waals surface area contributed by atoms with E-state index in [4.69, 9.17) is 9.29 Å². The molecule has 0 bridgehead atoms. The van der Waals surface area contributed by atoms with Crippen LogP contribution in [-0.4, -0.2) is 27.9 Å². The SMILES string of the molecule is C=C(C(=O)OCCNS(=O)O)c1cccc2ccccc12. The normalized spacial score (nSPS) is 12.0. The van der Waals surface area contributed by atoms with E-state index in [1.54, 1.807) is 0 Å². The van der Waals surface area contributed by atoms with E-state index in [2.05, 4.69) is 11.3 Å². The van der Waals surface area contributed by atoms with E-state index in [1.807, 2.05) is 42.5 Å². The molecule has 0 saturated heterocycles. The van der Waals surface area contributed by atoms with Crippen LogP contribution in [0.1, 0.15) is 5.56 Å². The summed E-state index contributed by atoms with van der Waals surface area (Å²) in [5, 5.41) is 1.94. The quantitative estimate of drug-likeness (QED) is 0.371. The molecule has 0 spiro atoms. The lowest BCUT2D eigenvalue weighted by atomic mass is 9.99. The first-order valence-electron chi connectivity index (χ1n) is 6.28. The molecule has 0 radical (unpaired) electrons. The van der Waals surface area contributed by atoms with Gasteiger partial charge in [0.2, 0.25) is 11.3 Å². The lowest BCUT2D eigenvalue weighted by molar-refractivity contribution is -0.136. The molecular weight excluding hydrogens is 290 g/mol. The van der Waals surface area contributed by atoms with Gasteiger partial charge < -0.3 is 4.74 Å².